The molecule has 0 aliphatic heterocycles. The highest BCUT2D eigenvalue weighted by Crippen LogP contribution is 2.28. The summed E-state index contributed by atoms with van der Waals surface area (Å²) in [5.41, 5.74) is 5.54. The number of aromatic nitrogens is 2. The van der Waals surface area contributed by atoms with E-state index in [9.17, 15) is 0 Å². The summed E-state index contributed by atoms with van der Waals surface area (Å²) in [5, 5.41) is 3.26. The van der Waals surface area contributed by atoms with Gasteiger partial charge in [0.15, 0.2) is 0 Å². The standard InChI is InChI=1S/C12H14BrN5/c1-7-3-4-9(13)10(5-7)17-11-8(2)12(18-14)16-6-15-11/h3-6H,14H2,1-2H3,(H2,15,16,17,18). The molecule has 0 fully saturated rings. The number of aryl methyl sites for hydroxylation is 1. The molecule has 18 heavy (non-hydrogen) atoms. The van der Waals surface area contributed by atoms with E-state index in [0.717, 1.165) is 21.5 Å². The molecule has 0 amide bonds. The minimum absolute atomic E-state index is 0.608. The van der Waals surface area contributed by atoms with Crippen LogP contribution in [0.25, 0.3) is 0 Å². The second-order valence-electron chi connectivity index (χ2n) is 3.95. The first kappa shape index (κ1) is 12.8. The fraction of sp³-hybridized carbons (Fsp3) is 0.167. The smallest absolute Gasteiger partial charge is 0.148 e. The maximum atomic E-state index is 5.39. The molecule has 0 saturated heterocycles. The Morgan fingerprint density at radius 3 is 2.61 bits per heavy atom. The highest BCUT2D eigenvalue weighted by molar-refractivity contribution is 9.10. The number of benzene rings is 1. The lowest BCUT2D eigenvalue weighted by Crippen LogP contribution is -2.11. The van der Waals surface area contributed by atoms with Gasteiger partial charge in [0.2, 0.25) is 0 Å². The molecule has 4 N–H and O–H groups in total. The van der Waals surface area contributed by atoms with Gasteiger partial charge in [-0.1, -0.05) is 6.07 Å². The Balaban J connectivity index is 2.37. The van der Waals surface area contributed by atoms with Gasteiger partial charge in [0.25, 0.3) is 0 Å². The van der Waals surface area contributed by atoms with Crippen molar-refractivity contribution in [2.75, 3.05) is 10.7 Å². The monoisotopic (exact) mass is 307 g/mol. The topological polar surface area (TPSA) is 75.9 Å². The van der Waals surface area contributed by atoms with Crippen molar-refractivity contribution in [2.45, 2.75) is 13.8 Å². The van der Waals surface area contributed by atoms with E-state index in [1.165, 1.54) is 11.9 Å². The van der Waals surface area contributed by atoms with Crippen molar-refractivity contribution < 1.29 is 0 Å². The first-order valence-electron chi connectivity index (χ1n) is 5.43. The zero-order valence-electron chi connectivity index (χ0n) is 10.2. The number of nitrogens with two attached hydrogens (primary N) is 1. The second-order valence-corrected chi connectivity index (χ2v) is 4.80. The quantitative estimate of drug-likeness (QED) is 0.600. The predicted molar refractivity (Wildman–Crippen MR) is 76.7 cm³/mol. The Morgan fingerprint density at radius 2 is 1.89 bits per heavy atom. The van der Waals surface area contributed by atoms with Gasteiger partial charge in [-0.25, -0.2) is 15.8 Å². The van der Waals surface area contributed by atoms with E-state index in [1.54, 1.807) is 0 Å². The summed E-state index contributed by atoms with van der Waals surface area (Å²) >= 11 is 3.50. The van der Waals surface area contributed by atoms with Gasteiger partial charge < -0.3 is 10.7 Å². The lowest BCUT2D eigenvalue weighted by Gasteiger charge is -2.12. The average molecular weight is 308 g/mol. The Kier molecular flexibility index (Phi) is 3.78. The molecular weight excluding hydrogens is 294 g/mol. The first-order chi connectivity index (χ1) is 8.61. The Hall–Kier alpha value is -1.66. The third-order valence-electron chi connectivity index (χ3n) is 2.60. The van der Waals surface area contributed by atoms with Gasteiger partial charge >= 0.3 is 0 Å². The first-order valence-corrected chi connectivity index (χ1v) is 6.22. The minimum Gasteiger partial charge on any atom is -0.339 e. The van der Waals surface area contributed by atoms with E-state index in [1.807, 2.05) is 32.0 Å². The molecule has 0 saturated carbocycles. The van der Waals surface area contributed by atoms with Crippen LogP contribution >= 0.6 is 15.9 Å². The summed E-state index contributed by atoms with van der Waals surface area (Å²) in [5.74, 6) is 6.72. The highest BCUT2D eigenvalue weighted by Gasteiger charge is 2.08. The number of nitrogen functional groups attached to an aromatic ring is 1. The van der Waals surface area contributed by atoms with Crippen molar-refractivity contribution >= 4 is 33.3 Å². The number of rotatable bonds is 3. The molecular formula is C12H14BrN5. The molecule has 0 spiro atoms. The van der Waals surface area contributed by atoms with Gasteiger partial charge in [-0.15, -0.1) is 0 Å². The number of anilines is 3. The second kappa shape index (κ2) is 5.32. The molecule has 0 aliphatic carbocycles. The molecule has 1 heterocycles. The van der Waals surface area contributed by atoms with Crippen LogP contribution in [0.4, 0.5) is 17.3 Å². The molecule has 5 nitrogen and oxygen atoms in total. The molecule has 1 aromatic heterocycles. The van der Waals surface area contributed by atoms with Crippen LogP contribution in [0.5, 0.6) is 0 Å². The van der Waals surface area contributed by atoms with Crippen LogP contribution in [-0.4, -0.2) is 9.97 Å². The number of halogens is 1. The van der Waals surface area contributed by atoms with Gasteiger partial charge in [0.05, 0.1) is 5.69 Å². The van der Waals surface area contributed by atoms with E-state index < -0.39 is 0 Å². The highest BCUT2D eigenvalue weighted by atomic mass is 79.9. The molecule has 0 atom stereocenters. The van der Waals surface area contributed by atoms with Crippen LogP contribution in [-0.2, 0) is 0 Å². The van der Waals surface area contributed by atoms with Crippen molar-refractivity contribution in [1.82, 2.24) is 9.97 Å². The van der Waals surface area contributed by atoms with Crippen molar-refractivity contribution in [3.8, 4) is 0 Å². The number of nitrogens with one attached hydrogen (secondary N) is 2. The molecule has 6 heteroatoms. The lowest BCUT2D eigenvalue weighted by molar-refractivity contribution is 1.10. The third kappa shape index (κ3) is 2.60. The van der Waals surface area contributed by atoms with Gasteiger partial charge in [-0.05, 0) is 47.5 Å². The van der Waals surface area contributed by atoms with Crippen molar-refractivity contribution in [2.24, 2.45) is 5.84 Å². The summed E-state index contributed by atoms with van der Waals surface area (Å²) < 4.78 is 0.980. The predicted octanol–water partition coefficient (Wildman–Crippen LogP) is 2.89. The summed E-state index contributed by atoms with van der Waals surface area (Å²) in [6.07, 6.45) is 1.47. The summed E-state index contributed by atoms with van der Waals surface area (Å²) in [7, 11) is 0. The summed E-state index contributed by atoms with van der Waals surface area (Å²) in [4.78, 5) is 8.25. The molecule has 0 radical (unpaired) electrons. The van der Waals surface area contributed by atoms with Crippen molar-refractivity contribution in [3.05, 3.63) is 40.1 Å². The average Bonchev–Trinajstić information content (AvgIpc) is 2.36. The van der Waals surface area contributed by atoms with Crippen LogP contribution in [0.2, 0.25) is 0 Å². The van der Waals surface area contributed by atoms with Crippen molar-refractivity contribution in [1.29, 1.82) is 0 Å². The minimum atomic E-state index is 0.608. The van der Waals surface area contributed by atoms with Crippen molar-refractivity contribution in [3.63, 3.8) is 0 Å². The Labute approximate surface area is 114 Å². The zero-order chi connectivity index (χ0) is 13.1. The Bertz CT molecular complexity index is 570. The van der Waals surface area contributed by atoms with Gasteiger partial charge in [-0.3, -0.25) is 0 Å². The number of hydrogen-bond acceptors (Lipinski definition) is 5. The number of nitrogens with zero attached hydrogens (tertiary/aromatic N) is 2. The molecule has 2 rings (SSSR count). The number of hydrazine groups is 1. The SMILES string of the molecule is Cc1ccc(Br)c(Nc2ncnc(NN)c2C)c1. The lowest BCUT2D eigenvalue weighted by atomic mass is 10.2. The maximum Gasteiger partial charge on any atom is 0.148 e. The van der Waals surface area contributed by atoms with Crippen LogP contribution < -0.4 is 16.6 Å². The van der Waals surface area contributed by atoms with Gasteiger partial charge in [0, 0.05) is 10.0 Å². The van der Waals surface area contributed by atoms with E-state index in [2.05, 4.69) is 36.6 Å². The van der Waals surface area contributed by atoms with E-state index in [-0.39, 0.29) is 0 Å². The van der Waals surface area contributed by atoms with E-state index in [4.69, 9.17) is 5.84 Å². The molecule has 0 unspecified atom stereocenters. The Morgan fingerprint density at radius 1 is 1.17 bits per heavy atom. The summed E-state index contributed by atoms with van der Waals surface area (Å²) in [6, 6.07) is 6.08. The normalized spacial score (nSPS) is 10.2. The zero-order valence-corrected chi connectivity index (χ0v) is 11.7. The fourth-order valence-corrected chi connectivity index (χ4v) is 1.93. The van der Waals surface area contributed by atoms with Gasteiger partial charge in [0.1, 0.15) is 18.0 Å². The largest absolute Gasteiger partial charge is 0.339 e. The number of hydrogen-bond donors (Lipinski definition) is 3. The molecule has 2 aromatic rings. The summed E-state index contributed by atoms with van der Waals surface area (Å²) in [6.45, 7) is 3.94. The van der Waals surface area contributed by atoms with E-state index in [0.29, 0.717) is 5.82 Å². The van der Waals surface area contributed by atoms with Gasteiger partial charge in [-0.2, -0.15) is 0 Å². The van der Waals surface area contributed by atoms with Crippen LogP contribution in [0.15, 0.2) is 29.0 Å². The maximum absolute atomic E-state index is 5.39. The van der Waals surface area contributed by atoms with Crippen LogP contribution in [0.3, 0.4) is 0 Å². The third-order valence-corrected chi connectivity index (χ3v) is 3.29. The molecule has 0 bridgehead atoms. The molecule has 94 valence electrons. The van der Waals surface area contributed by atoms with E-state index >= 15 is 0 Å². The molecule has 0 aliphatic rings. The fourth-order valence-electron chi connectivity index (χ4n) is 1.58. The van der Waals surface area contributed by atoms with Crippen LogP contribution in [0, 0.1) is 13.8 Å². The van der Waals surface area contributed by atoms with Crippen LogP contribution in [0.1, 0.15) is 11.1 Å². The molecule has 1 aromatic carbocycles.